The van der Waals surface area contributed by atoms with Crippen LogP contribution in [0.25, 0.3) is 10.8 Å². The Bertz CT molecular complexity index is 991. The molecule has 0 atom stereocenters. The zero-order valence-electron chi connectivity index (χ0n) is 15.3. The molecule has 1 saturated heterocycles. The van der Waals surface area contributed by atoms with E-state index in [4.69, 9.17) is 9.15 Å². The van der Waals surface area contributed by atoms with Gasteiger partial charge in [0.05, 0.1) is 25.7 Å². The number of hydrogen-bond acceptors (Lipinski definition) is 6. The molecule has 1 fully saturated rings. The lowest BCUT2D eigenvalue weighted by atomic mass is 10.1. The van der Waals surface area contributed by atoms with Crippen LogP contribution >= 0.6 is 11.3 Å². The molecule has 2 aromatic heterocycles. The number of aryl methyl sites for hydroxylation is 1. The van der Waals surface area contributed by atoms with Crippen molar-refractivity contribution >= 4 is 28.8 Å². The van der Waals surface area contributed by atoms with Crippen LogP contribution in [0.4, 0.5) is 5.69 Å². The lowest BCUT2D eigenvalue weighted by Crippen LogP contribution is -2.40. The number of aromatic nitrogens is 1. The third-order valence-corrected chi connectivity index (χ3v) is 5.50. The highest BCUT2D eigenvalue weighted by molar-refractivity contribution is 7.17. The van der Waals surface area contributed by atoms with Crippen molar-refractivity contribution in [1.82, 2.24) is 9.88 Å². The fourth-order valence-electron chi connectivity index (χ4n) is 2.92. The normalized spacial score (nSPS) is 14.1. The molecule has 1 aromatic carbocycles. The van der Waals surface area contributed by atoms with Gasteiger partial charge in [0, 0.05) is 24.3 Å². The maximum atomic E-state index is 12.7. The summed E-state index contributed by atoms with van der Waals surface area (Å²) in [6.45, 7) is 4.13. The fourth-order valence-corrected chi connectivity index (χ4v) is 3.70. The van der Waals surface area contributed by atoms with Crippen molar-refractivity contribution in [3.63, 3.8) is 0 Å². The van der Waals surface area contributed by atoms with Gasteiger partial charge in [-0.05, 0) is 36.8 Å². The minimum absolute atomic E-state index is 0.0586. The van der Waals surface area contributed by atoms with Crippen LogP contribution in [0.1, 0.15) is 25.6 Å². The number of carbonyl (C=O) groups excluding carboxylic acids is 2. The number of benzene rings is 1. The van der Waals surface area contributed by atoms with Gasteiger partial charge in [-0.1, -0.05) is 6.07 Å². The number of amides is 2. The van der Waals surface area contributed by atoms with Gasteiger partial charge in [-0.2, -0.15) is 0 Å². The first kappa shape index (κ1) is 18.4. The highest BCUT2D eigenvalue weighted by atomic mass is 32.1. The second-order valence-electron chi connectivity index (χ2n) is 6.40. The molecule has 3 heterocycles. The standard InChI is InChI=1S/C20H19N3O4S/c1-13-4-5-14(20(25)23-6-9-26-10-7-23)11-15(13)22-18(24)17-12-21-19(28-17)16-3-2-8-27-16/h2-5,8,11-12H,6-7,9-10H2,1H3,(H,22,24). The Balaban J connectivity index is 1.51. The van der Waals surface area contributed by atoms with Crippen LogP contribution in [0.5, 0.6) is 0 Å². The summed E-state index contributed by atoms with van der Waals surface area (Å²) in [7, 11) is 0. The molecular weight excluding hydrogens is 378 g/mol. The van der Waals surface area contributed by atoms with E-state index in [9.17, 15) is 9.59 Å². The van der Waals surface area contributed by atoms with Gasteiger partial charge in [-0.3, -0.25) is 9.59 Å². The molecule has 1 aliphatic heterocycles. The highest BCUT2D eigenvalue weighted by Gasteiger charge is 2.20. The minimum Gasteiger partial charge on any atom is -0.462 e. The average molecular weight is 397 g/mol. The van der Waals surface area contributed by atoms with E-state index in [1.807, 2.05) is 13.0 Å². The van der Waals surface area contributed by atoms with Gasteiger partial charge in [0.15, 0.2) is 10.8 Å². The molecule has 0 saturated carbocycles. The number of hydrogen-bond donors (Lipinski definition) is 1. The SMILES string of the molecule is Cc1ccc(C(=O)N2CCOCC2)cc1NC(=O)c1cnc(-c2ccco2)s1. The summed E-state index contributed by atoms with van der Waals surface area (Å²) < 4.78 is 10.6. The van der Waals surface area contributed by atoms with E-state index in [1.165, 1.54) is 17.5 Å². The van der Waals surface area contributed by atoms with Crippen molar-refractivity contribution in [2.24, 2.45) is 0 Å². The second-order valence-corrected chi connectivity index (χ2v) is 7.43. The Hall–Kier alpha value is -2.97. The summed E-state index contributed by atoms with van der Waals surface area (Å²) in [5.74, 6) is 0.296. The summed E-state index contributed by atoms with van der Waals surface area (Å²) in [5.41, 5.74) is 2.03. The summed E-state index contributed by atoms with van der Waals surface area (Å²) in [6.07, 6.45) is 3.09. The second kappa shape index (κ2) is 7.95. The zero-order chi connectivity index (χ0) is 19.5. The van der Waals surface area contributed by atoms with Crippen LogP contribution in [0.3, 0.4) is 0 Å². The van der Waals surface area contributed by atoms with Gasteiger partial charge in [0.2, 0.25) is 0 Å². The lowest BCUT2D eigenvalue weighted by Gasteiger charge is -2.27. The number of thiazole rings is 1. The largest absolute Gasteiger partial charge is 0.462 e. The number of morpholine rings is 1. The van der Waals surface area contributed by atoms with Crippen LogP contribution < -0.4 is 5.32 Å². The quantitative estimate of drug-likeness (QED) is 0.729. The molecule has 0 unspecified atom stereocenters. The number of rotatable bonds is 4. The maximum absolute atomic E-state index is 12.7. The Morgan fingerprint density at radius 1 is 1.21 bits per heavy atom. The molecule has 0 radical (unpaired) electrons. The topological polar surface area (TPSA) is 84.7 Å². The third-order valence-electron chi connectivity index (χ3n) is 4.49. The monoisotopic (exact) mass is 397 g/mol. The van der Waals surface area contributed by atoms with Crippen molar-refractivity contribution in [2.45, 2.75) is 6.92 Å². The fraction of sp³-hybridized carbons (Fsp3) is 0.250. The van der Waals surface area contributed by atoms with Crippen LogP contribution in [0, 0.1) is 6.92 Å². The number of ether oxygens (including phenoxy) is 1. The molecule has 1 N–H and O–H groups in total. The predicted molar refractivity (Wildman–Crippen MR) is 106 cm³/mol. The summed E-state index contributed by atoms with van der Waals surface area (Å²) in [4.78, 5) is 31.8. The first-order valence-electron chi connectivity index (χ1n) is 8.90. The van der Waals surface area contributed by atoms with E-state index in [1.54, 1.807) is 35.4 Å². The van der Waals surface area contributed by atoms with Crippen LogP contribution in [-0.4, -0.2) is 48.0 Å². The average Bonchev–Trinajstić information content (AvgIpc) is 3.41. The molecule has 0 aliphatic carbocycles. The van der Waals surface area contributed by atoms with Crippen LogP contribution in [0.2, 0.25) is 0 Å². The first-order chi connectivity index (χ1) is 13.6. The molecule has 2 amide bonds. The number of nitrogens with zero attached hydrogens (tertiary/aromatic N) is 2. The van der Waals surface area contributed by atoms with Gasteiger partial charge < -0.3 is 19.4 Å². The van der Waals surface area contributed by atoms with E-state index >= 15 is 0 Å². The van der Waals surface area contributed by atoms with Gasteiger partial charge in [0.1, 0.15) is 4.88 Å². The molecule has 7 nitrogen and oxygen atoms in total. The van der Waals surface area contributed by atoms with E-state index < -0.39 is 0 Å². The third kappa shape index (κ3) is 3.83. The molecule has 144 valence electrons. The molecule has 4 rings (SSSR count). The summed E-state index contributed by atoms with van der Waals surface area (Å²) in [5, 5.41) is 3.53. The van der Waals surface area contributed by atoms with Gasteiger partial charge in [-0.15, -0.1) is 11.3 Å². The highest BCUT2D eigenvalue weighted by Crippen LogP contribution is 2.26. The molecule has 28 heavy (non-hydrogen) atoms. The van der Waals surface area contributed by atoms with Crippen molar-refractivity contribution in [2.75, 3.05) is 31.6 Å². The minimum atomic E-state index is -0.269. The number of furan rings is 1. The Morgan fingerprint density at radius 2 is 2.04 bits per heavy atom. The smallest absolute Gasteiger partial charge is 0.267 e. The van der Waals surface area contributed by atoms with Crippen molar-refractivity contribution in [1.29, 1.82) is 0 Å². The predicted octanol–water partition coefficient (Wildman–Crippen LogP) is 3.44. The number of anilines is 1. The Morgan fingerprint density at radius 3 is 2.79 bits per heavy atom. The molecular formula is C20H19N3O4S. The van der Waals surface area contributed by atoms with Crippen LogP contribution in [-0.2, 0) is 4.74 Å². The summed E-state index contributed by atoms with van der Waals surface area (Å²) in [6, 6.07) is 8.91. The van der Waals surface area contributed by atoms with E-state index in [0.717, 1.165) is 5.56 Å². The van der Waals surface area contributed by atoms with Crippen molar-refractivity contribution in [3.05, 3.63) is 58.8 Å². The van der Waals surface area contributed by atoms with Gasteiger partial charge in [-0.25, -0.2) is 4.98 Å². The molecule has 3 aromatic rings. The Kier molecular flexibility index (Phi) is 5.23. The molecule has 0 bridgehead atoms. The summed E-state index contributed by atoms with van der Waals surface area (Å²) >= 11 is 1.25. The number of nitrogens with one attached hydrogen (secondary N) is 1. The van der Waals surface area contributed by atoms with Crippen LogP contribution in [0.15, 0.2) is 47.2 Å². The van der Waals surface area contributed by atoms with Gasteiger partial charge in [0.25, 0.3) is 11.8 Å². The lowest BCUT2D eigenvalue weighted by molar-refractivity contribution is 0.0303. The van der Waals surface area contributed by atoms with Crippen molar-refractivity contribution in [3.8, 4) is 10.8 Å². The maximum Gasteiger partial charge on any atom is 0.267 e. The van der Waals surface area contributed by atoms with E-state index in [-0.39, 0.29) is 11.8 Å². The molecule has 0 spiro atoms. The van der Waals surface area contributed by atoms with E-state index in [0.29, 0.717) is 53.2 Å². The van der Waals surface area contributed by atoms with Gasteiger partial charge >= 0.3 is 0 Å². The van der Waals surface area contributed by atoms with Crippen molar-refractivity contribution < 1.29 is 18.7 Å². The van der Waals surface area contributed by atoms with E-state index in [2.05, 4.69) is 10.3 Å². The zero-order valence-corrected chi connectivity index (χ0v) is 16.1. The molecule has 1 aliphatic rings. The first-order valence-corrected chi connectivity index (χ1v) is 9.72. The Labute approximate surface area is 165 Å². The number of carbonyl (C=O) groups is 2. The molecule has 8 heteroatoms.